The summed E-state index contributed by atoms with van der Waals surface area (Å²) in [5, 5.41) is 0. The average Bonchev–Trinajstić information content (AvgIpc) is 2.53. The summed E-state index contributed by atoms with van der Waals surface area (Å²) < 4.78 is 0. The number of Topliss-reactive ketones (excluding diaryl/α,β-unsaturated/α-hetero) is 4. The SMILES string of the molecule is CC(=O)c1cccc(C(=O)C(=O)c2ccccc2)c1C(C)=O. The highest BCUT2D eigenvalue weighted by Crippen LogP contribution is 2.19. The van der Waals surface area contributed by atoms with Gasteiger partial charge in [-0.2, -0.15) is 0 Å². The molecule has 0 aliphatic carbocycles. The van der Waals surface area contributed by atoms with Gasteiger partial charge in [0, 0.05) is 22.3 Å². The molecule has 110 valence electrons. The molecule has 0 amide bonds. The topological polar surface area (TPSA) is 68.3 Å². The van der Waals surface area contributed by atoms with Crippen LogP contribution in [0.2, 0.25) is 0 Å². The van der Waals surface area contributed by atoms with Gasteiger partial charge >= 0.3 is 0 Å². The maximum Gasteiger partial charge on any atom is 0.234 e. The maximum atomic E-state index is 12.4. The van der Waals surface area contributed by atoms with E-state index < -0.39 is 17.3 Å². The Hall–Kier alpha value is -2.88. The van der Waals surface area contributed by atoms with E-state index in [1.807, 2.05) is 0 Å². The van der Waals surface area contributed by atoms with Gasteiger partial charge in [0.05, 0.1) is 0 Å². The third-order valence-electron chi connectivity index (χ3n) is 3.28. The van der Waals surface area contributed by atoms with Crippen molar-refractivity contribution in [3.63, 3.8) is 0 Å². The third-order valence-corrected chi connectivity index (χ3v) is 3.28. The third kappa shape index (κ3) is 2.91. The zero-order chi connectivity index (χ0) is 16.3. The summed E-state index contributed by atoms with van der Waals surface area (Å²) in [5.41, 5.74) is 0.368. The molecule has 0 saturated heterocycles. The summed E-state index contributed by atoms with van der Waals surface area (Å²) in [6, 6.07) is 12.5. The van der Waals surface area contributed by atoms with Crippen molar-refractivity contribution in [1.29, 1.82) is 0 Å². The van der Waals surface area contributed by atoms with Gasteiger partial charge in [0.2, 0.25) is 11.6 Å². The molecule has 0 heterocycles. The van der Waals surface area contributed by atoms with Crippen molar-refractivity contribution in [2.24, 2.45) is 0 Å². The first-order valence-electron chi connectivity index (χ1n) is 6.72. The average molecular weight is 294 g/mol. The largest absolute Gasteiger partial charge is 0.294 e. The Morgan fingerprint density at radius 3 is 1.77 bits per heavy atom. The Kier molecular flexibility index (Phi) is 4.41. The normalized spacial score (nSPS) is 10.1. The van der Waals surface area contributed by atoms with Gasteiger partial charge < -0.3 is 0 Å². The van der Waals surface area contributed by atoms with Crippen molar-refractivity contribution in [2.75, 3.05) is 0 Å². The van der Waals surface area contributed by atoms with Gasteiger partial charge in [-0.1, -0.05) is 48.5 Å². The Morgan fingerprint density at radius 2 is 1.23 bits per heavy atom. The number of rotatable bonds is 5. The van der Waals surface area contributed by atoms with Crippen LogP contribution in [0.25, 0.3) is 0 Å². The highest BCUT2D eigenvalue weighted by atomic mass is 16.2. The molecule has 0 spiro atoms. The standard InChI is InChI=1S/C18H14O4/c1-11(19)14-9-6-10-15(16(14)12(2)20)18(22)17(21)13-7-4-3-5-8-13/h3-10H,1-2H3. The molecule has 0 bridgehead atoms. The second-order valence-corrected chi connectivity index (χ2v) is 4.86. The summed E-state index contributed by atoms with van der Waals surface area (Å²) in [6.45, 7) is 2.58. The first-order chi connectivity index (χ1) is 10.4. The molecule has 0 N–H and O–H groups in total. The smallest absolute Gasteiger partial charge is 0.234 e. The van der Waals surface area contributed by atoms with E-state index in [0.29, 0.717) is 0 Å². The van der Waals surface area contributed by atoms with E-state index >= 15 is 0 Å². The van der Waals surface area contributed by atoms with Gasteiger partial charge in [-0.15, -0.1) is 0 Å². The zero-order valence-corrected chi connectivity index (χ0v) is 12.3. The molecule has 0 atom stereocenters. The molecule has 0 aromatic heterocycles. The lowest BCUT2D eigenvalue weighted by molar-refractivity contribution is 0.0814. The fourth-order valence-corrected chi connectivity index (χ4v) is 2.26. The van der Waals surface area contributed by atoms with Crippen LogP contribution < -0.4 is 0 Å². The van der Waals surface area contributed by atoms with Crippen molar-refractivity contribution >= 4 is 23.1 Å². The van der Waals surface area contributed by atoms with Gasteiger partial charge in [0.1, 0.15) is 0 Å². The lowest BCUT2D eigenvalue weighted by Crippen LogP contribution is -2.19. The van der Waals surface area contributed by atoms with E-state index in [1.165, 1.54) is 44.2 Å². The van der Waals surface area contributed by atoms with Crippen LogP contribution in [0.1, 0.15) is 55.3 Å². The van der Waals surface area contributed by atoms with Crippen LogP contribution in [0.5, 0.6) is 0 Å². The summed E-state index contributed by atoms with van der Waals surface area (Å²) >= 11 is 0. The lowest BCUT2D eigenvalue weighted by Gasteiger charge is -2.09. The molecule has 22 heavy (non-hydrogen) atoms. The highest BCUT2D eigenvalue weighted by molar-refractivity contribution is 6.50. The Balaban J connectivity index is 2.55. The van der Waals surface area contributed by atoms with Crippen LogP contribution in [0.4, 0.5) is 0 Å². The van der Waals surface area contributed by atoms with Gasteiger partial charge in [0.15, 0.2) is 11.6 Å². The number of carbonyl (C=O) groups excluding carboxylic acids is 4. The number of ketones is 4. The van der Waals surface area contributed by atoms with Crippen LogP contribution in [-0.2, 0) is 0 Å². The van der Waals surface area contributed by atoms with Crippen LogP contribution >= 0.6 is 0 Å². The van der Waals surface area contributed by atoms with E-state index in [4.69, 9.17) is 0 Å². The van der Waals surface area contributed by atoms with E-state index in [1.54, 1.807) is 18.2 Å². The molecule has 4 nitrogen and oxygen atoms in total. The molecule has 2 aromatic rings. The zero-order valence-electron chi connectivity index (χ0n) is 12.3. The van der Waals surface area contributed by atoms with E-state index in [0.717, 1.165) is 0 Å². The molecule has 0 aliphatic rings. The number of hydrogen-bond acceptors (Lipinski definition) is 4. The molecular weight excluding hydrogens is 280 g/mol. The van der Waals surface area contributed by atoms with Gasteiger partial charge in [-0.25, -0.2) is 0 Å². The fraction of sp³-hybridized carbons (Fsp3) is 0.111. The first-order valence-corrected chi connectivity index (χ1v) is 6.72. The number of hydrogen-bond donors (Lipinski definition) is 0. The minimum atomic E-state index is -0.792. The molecule has 0 fully saturated rings. The van der Waals surface area contributed by atoms with Crippen LogP contribution in [0.3, 0.4) is 0 Å². The quantitative estimate of drug-likeness (QED) is 0.627. The number of benzene rings is 2. The minimum absolute atomic E-state index is 0.00396. The lowest BCUT2D eigenvalue weighted by atomic mass is 9.91. The fourth-order valence-electron chi connectivity index (χ4n) is 2.26. The number of carbonyl (C=O) groups is 4. The van der Waals surface area contributed by atoms with Gasteiger partial charge in [0.25, 0.3) is 0 Å². The Labute approximate surface area is 127 Å². The second-order valence-electron chi connectivity index (χ2n) is 4.86. The van der Waals surface area contributed by atoms with Gasteiger partial charge in [-0.05, 0) is 13.8 Å². The van der Waals surface area contributed by atoms with Crippen molar-refractivity contribution in [1.82, 2.24) is 0 Å². The molecule has 0 saturated carbocycles. The summed E-state index contributed by atoms with van der Waals surface area (Å²) in [6.07, 6.45) is 0. The Bertz CT molecular complexity index is 773. The van der Waals surface area contributed by atoms with Crippen molar-refractivity contribution in [3.8, 4) is 0 Å². The molecule has 0 unspecified atom stereocenters. The molecule has 2 rings (SSSR count). The summed E-state index contributed by atoms with van der Waals surface area (Å²) in [7, 11) is 0. The molecular formula is C18H14O4. The van der Waals surface area contributed by atoms with Crippen LogP contribution in [0, 0.1) is 0 Å². The van der Waals surface area contributed by atoms with E-state index in [-0.39, 0.29) is 28.0 Å². The molecule has 0 radical (unpaired) electrons. The first kappa shape index (κ1) is 15.5. The van der Waals surface area contributed by atoms with Gasteiger partial charge in [-0.3, -0.25) is 19.2 Å². The van der Waals surface area contributed by atoms with Crippen molar-refractivity contribution < 1.29 is 19.2 Å². The monoisotopic (exact) mass is 294 g/mol. The maximum absolute atomic E-state index is 12.4. The van der Waals surface area contributed by atoms with E-state index in [9.17, 15) is 19.2 Å². The predicted octanol–water partition coefficient (Wildman–Crippen LogP) is 3.16. The summed E-state index contributed by atoms with van der Waals surface area (Å²) in [5.74, 6) is -2.25. The molecule has 4 heteroatoms. The van der Waals surface area contributed by atoms with Crippen LogP contribution in [0.15, 0.2) is 48.5 Å². The van der Waals surface area contributed by atoms with Crippen molar-refractivity contribution in [3.05, 3.63) is 70.8 Å². The molecule has 2 aromatic carbocycles. The minimum Gasteiger partial charge on any atom is -0.294 e. The van der Waals surface area contributed by atoms with Crippen LogP contribution in [-0.4, -0.2) is 23.1 Å². The summed E-state index contributed by atoms with van der Waals surface area (Å²) in [4.78, 5) is 48.2. The second kappa shape index (κ2) is 6.26. The highest BCUT2D eigenvalue weighted by Gasteiger charge is 2.25. The predicted molar refractivity (Wildman–Crippen MR) is 81.6 cm³/mol. The Morgan fingerprint density at radius 1 is 0.636 bits per heavy atom. The van der Waals surface area contributed by atoms with E-state index in [2.05, 4.69) is 0 Å². The van der Waals surface area contributed by atoms with Crippen molar-refractivity contribution in [2.45, 2.75) is 13.8 Å². The molecule has 0 aliphatic heterocycles.